The van der Waals surface area contributed by atoms with E-state index in [0.29, 0.717) is 18.9 Å². The highest BCUT2D eigenvalue weighted by Crippen LogP contribution is 2.59. The maximum absolute atomic E-state index is 13.2. The summed E-state index contributed by atoms with van der Waals surface area (Å²) in [6.07, 6.45) is 7.81. The number of aliphatic hydroxyl groups is 1. The number of amides is 2. The van der Waals surface area contributed by atoms with Crippen molar-refractivity contribution in [3.8, 4) is 0 Å². The van der Waals surface area contributed by atoms with E-state index >= 15 is 0 Å². The Morgan fingerprint density at radius 2 is 1.86 bits per heavy atom. The second kappa shape index (κ2) is 7.14. The molecule has 4 rings (SSSR count). The zero-order valence-electron chi connectivity index (χ0n) is 18.4. The molecule has 164 valence electrons. The number of rotatable bonds is 5. The summed E-state index contributed by atoms with van der Waals surface area (Å²) in [4.78, 5) is 25.7. The third-order valence-corrected chi connectivity index (χ3v) is 8.16. The molecule has 0 spiro atoms. The van der Waals surface area contributed by atoms with E-state index in [1.807, 2.05) is 20.8 Å². The van der Waals surface area contributed by atoms with Gasteiger partial charge in [0.2, 0.25) is 5.91 Å². The van der Waals surface area contributed by atoms with Gasteiger partial charge in [-0.05, 0) is 76.5 Å². The van der Waals surface area contributed by atoms with Crippen molar-refractivity contribution in [2.45, 2.75) is 96.3 Å². The fourth-order valence-corrected chi connectivity index (χ4v) is 6.22. The Morgan fingerprint density at radius 3 is 2.38 bits per heavy atom. The highest BCUT2D eigenvalue weighted by atomic mass is 16.6. The van der Waals surface area contributed by atoms with Gasteiger partial charge in [0.15, 0.2) is 0 Å². The average Bonchev–Trinajstić information content (AvgIpc) is 3.01. The first-order chi connectivity index (χ1) is 13.5. The normalized spacial score (nSPS) is 38.1. The Hall–Kier alpha value is -1.30. The standard InChI is InChI=1S/C23H38N2O4/c1-21(2,3)29-20(27)25-18-16-11-14(12-23(16,28)15-7-5-8-15)17(18)19(26)24-13-22(4)9-6-10-22/h14-18,28H,5-13H2,1-4H3,(H,24,26)(H,25,27)/t14-,16-,17-,18+,23?/m0/s1. The van der Waals surface area contributed by atoms with Crippen molar-refractivity contribution in [2.75, 3.05) is 6.54 Å². The molecule has 0 saturated heterocycles. The Balaban J connectivity index is 1.48. The summed E-state index contributed by atoms with van der Waals surface area (Å²) in [5.74, 6) is 0.109. The molecular formula is C23H38N2O4. The maximum atomic E-state index is 13.2. The topological polar surface area (TPSA) is 87.7 Å². The average molecular weight is 407 g/mol. The largest absolute Gasteiger partial charge is 0.444 e. The molecule has 2 bridgehead atoms. The first-order valence-electron chi connectivity index (χ1n) is 11.5. The van der Waals surface area contributed by atoms with Gasteiger partial charge in [0.25, 0.3) is 0 Å². The first kappa shape index (κ1) is 21.0. The predicted molar refractivity (Wildman–Crippen MR) is 110 cm³/mol. The summed E-state index contributed by atoms with van der Waals surface area (Å²) in [5, 5.41) is 17.7. The summed E-state index contributed by atoms with van der Waals surface area (Å²) < 4.78 is 5.48. The van der Waals surface area contributed by atoms with Gasteiger partial charge in [0.05, 0.1) is 11.5 Å². The van der Waals surface area contributed by atoms with Crippen molar-refractivity contribution in [3.63, 3.8) is 0 Å². The summed E-state index contributed by atoms with van der Waals surface area (Å²) in [5.41, 5.74) is -1.13. The van der Waals surface area contributed by atoms with Crippen LogP contribution < -0.4 is 10.6 Å². The molecule has 6 nitrogen and oxygen atoms in total. The van der Waals surface area contributed by atoms with Crippen LogP contribution in [-0.2, 0) is 9.53 Å². The van der Waals surface area contributed by atoms with E-state index in [9.17, 15) is 14.7 Å². The molecule has 4 fully saturated rings. The van der Waals surface area contributed by atoms with Crippen LogP contribution in [0.5, 0.6) is 0 Å². The molecule has 0 aromatic heterocycles. The fraction of sp³-hybridized carbons (Fsp3) is 0.913. The van der Waals surface area contributed by atoms with Crippen molar-refractivity contribution in [1.29, 1.82) is 0 Å². The van der Waals surface area contributed by atoms with E-state index in [-0.39, 0.29) is 35.1 Å². The van der Waals surface area contributed by atoms with Crippen molar-refractivity contribution in [1.82, 2.24) is 10.6 Å². The van der Waals surface area contributed by atoms with E-state index in [2.05, 4.69) is 17.6 Å². The number of ether oxygens (including phenoxy) is 1. The zero-order chi connectivity index (χ0) is 21.0. The Morgan fingerprint density at radius 1 is 1.17 bits per heavy atom. The van der Waals surface area contributed by atoms with Crippen molar-refractivity contribution < 1.29 is 19.4 Å². The fourth-order valence-electron chi connectivity index (χ4n) is 6.22. The van der Waals surface area contributed by atoms with Gasteiger partial charge >= 0.3 is 6.09 Å². The lowest BCUT2D eigenvalue weighted by Gasteiger charge is -2.48. The van der Waals surface area contributed by atoms with Crippen molar-refractivity contribution >= 4 is 12.0 Å². The molecule has 29 heavy (non-hydrogen) atoms. The number of alkyl carbamates (subject to hydrolysis) is 1. The van der Waals surface area contributed by atoms with E-state index < -0.39 is 17.3 Å². The van der Waals surface area contributed by atoms with Gasteiger partial charge in [0.1, 0.15) is 5.60 Å². The minimum Gasteiger partial charge on any atom is -0.444 e. The van der Waals surface area contributed by atoms with Crippen LogP contribution in [0.1, 0.15) is 79.1 Å². The number of nitrogens with one attached hydrogen (secondary N) is 2. The summed E-state index contributed by atoms with van der Waals surface area (Å²) in [6, 6.07) is -0.358. The van der Waals surface area contributed by atoms with Crippen molar-refractivity contribution in [3.05, 3.63) is 0 Å². The molecule has 2 amide bonds. The van der Waals surface area contributed by atoms with Gasteiger partial charge < -0.3 is 20.5 Å². The van der Waals surface area contributed by atoms with E-state index in [0.717, 1.165) is 38.5 Å². The van der Waals surface area contributed by atoms with Crippen LogP contribution in [0.4, 0.5) is 4.79 Å². The van der Waals surface area contributed by atoms with Gasteiger partial charge in [-0.25, -0.2) is 4.79 Å². The summed E-state index contributed by atoms with van der Waals surface area (Å²) in [6.45, 7) is 8.43. The van der Waals surface area contributed by atoms with Gasteiger partial charge in [-0.1, -0.05) is 19.8 Å². The summed E-state index contributed by atoms with van der Waals surface area (Å²) in [7, 11) is 0. The Kier molecular flexibility index (Phi) is 5.16. The molecule has 0 aromatic rings. The molecule has 0 aliphatic heterocycles. The lowest BCUT2D eigenvalue weighted by Crippen LogP contribution is -2.60. The molecule has 0 aromatic carbocycles. The van der Waals surface area contributed by atoms with E-state index in [4.69, 9.17) is 4.74 Å². The maximum Gasteiger partial charge on any atom is 0.407 e. The van der Waals surface area contributed by atoms with Crippen LogP contribution in [0.25, 0.3) is 0 Å². The SMILES string of the molecule is CC1(CNC(=O)[C@H]2[C@H]3C[C@@H]([C@H]2NC(=O)OC(C)(C)C)C(O)(C2CCC2)C3)CCC1. The smallest absolute Gasteiger partial charge is 0.407 e. The van der Waals surface area contributed by atoms with Crippen LogP contribution in [0.3, 0.4) is 0 Å². The van der Waals surface area contributed by atoms with Crippen LogP contribution in [0, 0.1) is 29.1 Å². The molecule has 4 aliphatic rings. The second-order valence-corrected chi connectivity index (χ2v) is 11.5. The number of carbonyl (C=O) groups is 2. The quantitative estimate of drug-likeness (QED) is 0.653. The van der Waals surface area contributed by atoms with E-state index in [1.165, 1.54) is 6.42 Å². The molecular weight excluding hydrogens is 368 g/mol. The molecule has 4 aliphatic carbocycles. The third-order valence-electron chi connectivity index (χ3n) is 8.16. The lowest BCUT2D eigenvalue weighted by atomic mass is 9.63. The third kappa shape index (κ3) is 3.89. The zero-order valence-corrected chi connectivity index (χ0v) is 18.4. The molecule has 0 heterocycles. The van der Waals surface area contributed by atoms with Gasteiger partial charge in [-0.2, -0.15) is 0 Å². The van der Waals surface area contributed by atoms with Crippen LogP contribution >= 0.6 is 0 Å². The highest BCUT2D eigenvalue weighted by molar-refractivity contribution is 5.81. The van der Waals surface area contributed by atoms with Gasteiger partial charge in [-0.3, -0.25) is 4.79 Å². The van der Waals surface area contributed by atoms with E-state index in [1.54, 1.807) is 0 Å². The molecule has 4 saturated carbocycles. The molecule has 0 radical (unpaired) electrons. The highest BCUT2D eigenvalue weighted by Gasteiger charge is 2.64. The van der Waals surface area contributed by atoms with Crippen LogP contribution in [0.2, 0.25) is 0 Å². The Labute approximate surface area is 174 Å². The number of hydrogen-bond acceptors (Lipinski definition) is 4. The number of fused-ring (bicyclic) bond motifs is 2. The molecule has 1 unspecified atom stereocenters. The molecule has 5 atom stereocenters. The van der Waals surface area contributed by atoms with Crippen molar-refractivity contribution in [2.24, 2.45) is 29.1 Å². The van der Waals surface area contributed by atoms with Crippen LogP contribution in [-0.4, -0.2) is 40.9 Å². The molecule has 6 heteroatoms. The minimum atomic E-state index is -0.751. The Bertz CT molecular complexity index is 664. The summed E-state index contributed by atoms with van der Waals surface area (Å²) >= 11 is 0. The molecule has 3 N–H and O–H groups in total. The lowest BCUT2D eigenvalue weighted by molar-refractivity contribution is -0.136. The van der Waals surface area contributed by atoms with Crippen LogP contribution in [0.15, 0.2) is 0 Å². The minimum absolute atomic E-state index is 0.0299. The van der Waals surface area contributed by atoms with Gasteiger partial charge in [-0.15, -0.1) is 0 Å². The van der Waals surface area contributed by atoms with Gasteiger partial charge in [0, 0.05) is 18.5 Å². The number of hydrogen-bond donors (Lipinski definition) is 3. The predicted octanol–water partition coefficient (Wildman–Crippen LogP) is 3.37. The second-order valence-electron chi connectivity index (χ2n) is 11.5. The monoisotopic (exact) mass is 406 g/mol. The first-order valence-corrected chi connectivity index (χ1v) is 11.5. The number of carbonyl (C=O) groups excluding carboxylic acids is 2.